The Morgan fingerprint density at radius 2 is 1.86 bits per heavy atom. The number of benzene rings is 2. The third-order valence-electron chi connectivity index (χ3n) is 3.48. The van der Waals surface area contributed by atoms with Gasteiger partial charge in [0.1, 0.15) is 11.5 Å². The van der Waals surface area contributed by atoms with Gasteiger partial charge in [-0.05, 0) is 29.3 Å². The fourth-order valence-corrected chi connectivity index (χ4v) is 2.35. The van der Waals surface area contributed by atoms with E-state index in [4.69, 9.17) is 9.47 Å². The van der Waals surface area contributed by atoms with Crippen LogP contribution in [0.15, 0.2) is 60.4 Å². The van der Waals surface area contributed by atoms with Crippen molar-refractivity contribution in [3.05, 3.63) is 71.5 Å². The van der Waals surface area contributed by atoms with E-state index in [0.717, 1.165) is 16.9 Å². The minimum absolute atomic E-state index is 0.302. The van der Waals surface area contributed by atoms with Crippen molar-refractivity contribution in [3.8, 4) is 5.75 Å². The van der Waals surface area contributed by atoms with Crippen LogP contribution in [0.3, 0.4) is 0 Å². The maximum Gasteiger partial charge on any atom is 0.415 e. The summed E-state index contributed by atoms with van der Waals surface area (Å²) in [5.74, 6) is 1.46. The molecule has 3 rings (SSSR count). The predicted molar refractivity (Wildman–Crippen MR) is 84.3 cm³/mol. The van der Waals surface area contributed by atoms with E-state index < -0.39 is 0 Å². The number of ether oxygens (including phenoxy) is 2. The van der Waals surface area contributed by atoms with Gasteiger partial charge in [0.2, 0.25) is 0 Å². The molecule has 0 saturated carbocycles. The van der Waals surface area contributed by atoms with Gasteiger partial charge in [0.25, 0.3) is 0 Å². The quantitative estimate of drug-likeness (QED) is 0.863. The number of hydrogen-bond acceptors (Lipinski definition) is 3. The van der Waals surface area contributed by atoms with Gasteiger partial charge in [0.05, 0.1) is 13.7 Å². The van der Waals surface area contributed by atoms with Crippen molar-refractivity contribution in [3.63, 3.8) is 0 Å². The average Bonchev–Trinajstić information content (AvgIpc) is 2.88. The summed E-state index contributed by atoms with van der Waals surface area (Å²) in [6.07, 6.45) is 1.58. The fraction of sp³-hybridized carbons (Fsp3) is 0.167. The molecule has 0 unspecified atom stereocenters. The number of nitrogens with zero attached hydrogens (tertiary/aromatic N) is 1. The van der Waals surface area contributed by atoms with E-state index in [1.165, 1.54) is 0 Å². The molecule has 2 aromatic carbocycles. The van der Waals surface area contributed by atoms with Crippen molar-refractivity contribution in [1.29, 1.82) is 0 Å². The summed E-state index contributed by atoms with van der Waals surface area (Å²) in [5, 5.41) is 0. The van der Waals surface area contributed by atoms with Crippen LogP contribution in [-0.2, 0) is 11.3 Å². The van der Waals surface area contributed by atoms with Crippen LogP contribution < -0.4 is 4.74 Å². The summed E-state index contributed by atoms with van der Waals surface area (Å²) in [7, 11) is 1.63. The van der Waals surface area contributed by atoms with E-state index in [0.29, 0.717) is 18.8 Å². The zero-order valence-corrected chi connectivity index (χ0v) is 12.4. The van der Waals surface area contributed by atoms with E-state index in [9.17, 15) is 4.79 Å². The van der Waals surface area contributed by atoms with Crippen LogP contribution in [0.4, 0.5) is 4.79 Å². The number of hydrogen-bond donors (Lipinski definition) is 0. The zero-order chi connectivity index (χ0) is 15.4. The van der Waals surface area contributed by atoms with Gasteiger partial charge in [0, 0.05) is 6.54 Å². The molecule has 0 spiro atoms. The minimum atomic E-state index is -0.302. The molecular formula is C18H17NO3. The normalized spacial score (nSPS) is 16.0. The second kappa shape index (κ2) is 6.35. The van der Waals surface area contributed by atoms with Crippen molar-refractivity contribution in [2.24, 2.45) is 0 Å². The van der Waals surface area contributed by atoms with Gasteiger partial charge < -0.3 is 9.47 Å². The first-order valence-corrected chi connectivity index (χ1v) is 7.10. The average molecular weight is 295 g/mol. The van der Waals surface area contributed by atoms with Crippen molar-refractivity contribution < 1.29 is 14.3 Å². The maximum atomic E-state index is 11.9. The highest BCUT2D eigenvalue weighted by molar-refractivity contribution is 5.74. The maximum absolute atomic E-state index is 11.9. The Hall–Kier alpha value is -2.75. The Labute approximate surface area is 129 Å². The highest BCUT2D eigenvalue weighted by atomic mass is 16.6. The van der Waals surface area contributed by atoms with E-state index in [-0.39, 0.29) is 6.09 Å². The second-order valence-electron chi connectivity index (χ2n) is 5.09. The lowest BCUT2D eigenvalue weighted by Gasteiger charge is -2.11. The Bertz CT molecular complexity index is 677. The first kappa shape index (κ1) is 14.2. The first-order valence-electron chi connectivity index (χ1n) is 7.10. The summed E-state index contributed by atoms with van der Waals surface area (Å²) in [6.45, 7) is 1.04. The first-order chi connectivity index (χ1) is 10.7. The number of cyclic esters (lactones) is 1. The van der Waals surface area contributed by atoms with Gasteiger partial charge in [-0.25, -0.2) is 4.79 Å². The molecule has 4 heteroatoms. The van der Waals surface area contributed by atoms with Crippen LogP contribution in [0.25, 0.3) is 6.08 Å². The second-order valence-corrected chi connectivity index (χ2v) is 5.09. The molecule has 1 aliphatic heterocycles. The summed E-state index contributed by atoms with van der Waals surface area (Å²) >= 11 is 0. The molecule has 112 valence electrons. The van der Waals surface area contributed by atoms with E-state index in [2.05, 4.69) is 0 Å². The lowest BCUT2D eigenvalue weighted by Crippen LogP contribution is -2.23. The third-order valence-corrected chi connectivity index (χ3v) is 3.48. The van der Waals surface area contributed by atoms with Crippen molar-refractivity contribution in [2.45, 2.75) is 6.54 Å². The van der Waals surface area contributed by atoms with E-state index in [1.54, 1.807) is 12.0 Å². The molecule has 0 aliphatic carbocycles. The van der Waals surface area contributed by atoms with Crippen molar-refractivity contribution >= 4 is 12.2 Å². The summed E-state index contributed by atoms with van der Waals surface area (Å²) in [4.78, 5) is 13.6. The van der Waals surface area contributed by atoms with E-state index in [1.807, 2.05) is 60.7 Å². The SMILES string of the molecule is COc1ccc(/C=C2/CN(Cc3ccccc3)C(=O)O2)cc1. The van der Waals surface area contributed by atoms with Crippen LogP contribution in [0.2, 0.25) is 0 Å². The van der Waals surface area contributed by atoms with Gasteiger partial charge in [-0.1, -0.05) is 42.5 Å². The van der Waals surface area contributed by atoms with Crippen LogP contribution in [0, 0.1) is 0 Å². The fourth-order valence-electron chi connectivity index (χ4n) is 2.35. The number of carbonyl (C=O) groups excluding carboxylic acids is 1. The van der Waals surface area contributed by atoms with Crippen LogP contribution in [-0.4, -0.2) is 24.6 Å². The molecule has 0 atom stereocenters. The highest BCUT2D eigenvalue weighted by Crippen LogP contribution is 2.21. The molecule has 1 aliphatic rings. The van der Waals surface area contributed by atoms with Crippen molar-refractivity contribution in [2.75, 3.05) is 13.7 Å². The standard InChI is InChI=1S/C18H17NO3/c1-21-16-9-7-14(8-10-16)11-17-13-19(18(20)22-17)12-15-5-3-2-4-6-15/h2-11H,12-13H2,1H3/b17-11-. The van der Waals surface area contributed by atoms with Gasteiger partial charge >= 0.3 is 6.09 Å². The monoisotopic (exact) mass is 295 g/mol. The number of rotatable bonds is 4. The molecule has 1 fully saturated rings. The molecule has 2 aromatic rings. The lowest BCUT2D eigenvalue weighted by atomic mass is 10.2. The molecule has 0 N–H and O–H groups in total. The summed E-state index contributed by atoms with van der Waals surface area (Å²) in [6, 6.07) is 17.5. The molecule has 1 heterocycles. The molecule has 1 amide bonds. The molecule has 0 bridgehead atoms. The van der Waals surface area contributed by atoms with Gasteiger partial charge in [-0.15, -0.1) is 0 Å². The van der Waals surface area contributed by atoms with Gasteiger partial charge in [-0.2, -0.15) is 0 Å². The zero-order valence-electron chi connectivity index (χ0n) is 12.4. The number of carbonyl (C=O) groups is 1. The highest BCUT2D eigenvalue weighted by Gasteiger charge is 2.26. The largest absolute Gasteiger partial charge is 0.497 e. The molecule has 0 aromatic heterocycles. The summed E-state index contributed by atoms with van der Waals surface area (Å²) in [5.41, 5.74) is 2.07. The van der Waals surface area contributed by atoms with Crippen LogP contribution >= 0.6 is 0 Å². The van der Waals surface area contributed by atoms with Gasteiger partial charge in [-0.3, -0.25) is 4.90 Å². The summed E-state index contributed by atoms with van der Waals surface area (Å²) < 4.78 is 10.4. The van der Waals surface area contributed by atoms with E-state index >= 15 is 0 Å². The molecule has 22 heavy (non-hydrogen) atoms. The molecule has 4 nitrogen and oxygen atoms in total. The smallest absolute Gasteiger partial charge is 0.415 e. The number of methoxy groups -OCH3 is 1. The Morgan fingerprint density at radius 1 is 1.14 bits per heavy atom. The van der Waals surface area contributed by atoms with Gasteiger partial charge in [0.15, 0.2) is 0 Å². The van der Waals surface area contributed by atoms with Crippen LogP contribution in [0.5, 0.6) is 5.75 Å². The molecular weight excluding hydrogens is 278 g/mol. The Balaban J connectivity index is 1.69. The Morgan fingerprint density at radius 3 is 2.55 bits per heavy atom. The molecule has 0 radical (unpaired) electrons. The lowest BCUT2D eigenvalue weighted by molar-refractivity contribution is 0.167. The Kier molecular flexibility index (Phi) is 4.10. The predicted octanol–water partition coefficient (Wildman–Crippen LogP) is 3.69. The topological polar surface area (TPSA) is 38.8 Å². The minimum Gasteiger partial charge on any atom is -0.497 e. The third kappa shape index (κ3) is 3.28. The van der Waals surface area contributed by atoms with Crippen LogP contribution in [0.1, 0.15) is 11.1 Å². The molecule has 1 saturated heterocycles. The van der Waals surface area contributed by atoms with Crippen molar-refractivity contribution in [1.82, 2.24) is 4.90 Å². The number of amides is 1.